The molecule has 3 N–H and O–H groups in total. The van der Waals surface area contributed by atoms with Crippen LogP contribution < -0.4 is 11.3 Å². The second kappa shape index (κ2) is 5.92. The topological polar surface area (TPSA) is 50.9 Å². The predicted molar refractivity (Wildman–Crippen MR) is 80.8 cm³/mol. The molecule has 110 valence electrons. The van der Waals surface area contributed by atoms with Gasteiger partial charge in [0.2, 0.25) is 0 Å². The van der Waals surface area contributed by atoms with Gasteiger partial charge in [0.25, 0.3) is 0 Å². The molecule has 0 bridgehead atoms. The van der Waals surface area contributed by atoms with Crippen molar-refractivity contribution in [3.8, 4) is 0 Å². The number of aromatic nitrogens is 1. The molecule has 1 heterocycles. The number of hydrogen-bond acceptors (Lipinski definition) is 3. The average Bonchev–Trinajstić information content (AvgIpc) is 3.00. The van der Waals surface area contributed by atoms with Crippen molar-refractivity contribution in [3.63, 3.8) is 0 Å². The molecule has 1 aliphatic carbocycles. The smallest absolute Gasteiger partial charge is 0.141 e. The van der Waals surface area contributed by atoms with Gasteiger partial charge in [-0.15, -0.1) is 0 Å². The molecule has 1 unspecified atom stereocenters. The highest BCUT2D eigenvalue weighted by atomic mass is 19.1. The zero-order chi connectivity index (χ0) is 14.7. The summed E-state index contributed by atoms with van der Waals surface area (Å²) in [5, 5.41) is 0. The van der Waals surface area contributed by atoms with Crippen molar-refractivity contribution in [1.82, 2.24) is 10.4 Å². The van der Waals surface area contributed by atoms with Crippen LogP contribution in [0, 0.1) is 5.82 Å². The van der Waals surface area contributed by atoms with E-state index in [0.29, 0.717) is 0 Å². The minimum atomic E-state index is -0.325. The van der Waals surface area contributed by atoms with E-state index in [1.54, 1.807) is 6.20 Å². The normalized spacial score (nSPS) is 18.6. The molecule has 1 fully saturated rings. The molecule has 0 saturated heterocycles. The van der Waals surface area contributed by atoms with E-state index in [1.165, 1.54) is 17.8 Å². The molecule has 4 heteroatoms. The van der Waals surface area contributed by atoms with E-state index in [2.05, 4.69) is 22.5 Å². The monoisotopic (exact) mass is 285 g/mol. The van der Waals surface area contributed by atoms with Crippen molar-refractivity contribution in [1.29, 1.82) is 0 Å². The lowest BCUT2D eigenvalue weighted by Gasteiger charge is -2.38. The minimum absolute atomic E-state index is 0.0918. The first-order valence-electron chi connectivity index (χ1n) is 7.38. The summed E-state index contributed by atoms with van der Waals surface area (Å²) in [7, 11) is 0. The fourth-order valence-electron chi connectivity index (χ4n) is 3.68. The summed E-state index contributed by atoms with van der Waals surface area (Å²) in [6.07, 6.45) is 7.34. The van der Waals surface area contributed by atoms with Crippen molar-refractivity contribution >= 4 is 0 Å². The highest BCUT2D eigenvalue weighted by Crippen LogP contribution is 2.49. The Bertz CT molecular complexity index is 594. The van der Waals surface area contributed by atoms with E-state index in [4.69, 9.17) is 5.84 Å². The number of hydrazine groups is 1. The van der Waals surface area contributed by atoms with Crippen LogP contribution in [0.3, 0.4) is 0 Å². The van der Waals surface area contributed by atoms with Crippen molar-refractivity contribution < 1.29 is 4.39 Å². The lowest BCUT2D eigenvalue weighted by molar-refractivity contribution is 0.302. The Morgan fingerprint density at radius 2 is 1.86 bits per heavy atom. The number of hydrogen-bond donors (Lipinski definition) is 2. The van der Waals surface area contributed by atoms with Gasteiger partial charge in [-0.2, -0.15) is 0 Å². The summed E-state index contributed by atoms with van der Waals surface area (Å²) in [4.78, 5) is 3.98. The van der Waals surface area contributed by atoms with Gasteiger partial charge in [0.05, 0.1) is 12.2 Å². The maximum absolute atomic E-state index is 13.5. The van der Waals surface area contributed by atoms with Gasteiger partial charge >= 0.3 is 0 Å². The van der Waals surface area contributed by atoms with Gasteiger partial charge in [0, 0.05) is 11.6 Å². The summed E-state index contributed by atoms with van der Waals surface area (Å²) >= 11 is 0. The van der Waals surface area contributed by atoms with E-state index in [-0.39, 0.29) is 17.3 Å². The summed E-state index contributed by atoms with van der Waals surface area (Å²) < 4.78 is 13.5. The fraction of sp³-hybridized carbons (Fsp3) is 0.353. The highest BCUT2D eigenvalue weighted by molar-refractivity contribution is 5.33. The second-order valence-electron chi connectivity index (χ2n) is 5.77. The first kappa shape index (κ1) is 14.2. The maximum atomic E-state index is 13.5. The summed E-state index contributed by atoms with van der Waals surface area (Å²) in [5.41, 5.74) is 4.90. The Kier molecular flexibility index (Phi) is 3.99. The SMILES string of the molecule is NNC(c1cncc(F)c1)C1(c2ccccc2)CCCC1. The zero-order valence-electron chi connectivity index (χ0n) is 11.9. The molecule has 1 atom stereocenters. The largest absolute Gasteiger partial charge is 0.271 e. The van der Waals surface area contributed by atoms with Crippen LogP contribution in [0.2, 0.25) is 0 Å². The fourth-order valence-corrected chi connectivity index (χ4v) is 3.68. The molecule has 1 aliphatic rings. The summed E-state index contributed by atoms with van der Waals surface area (Å²) in [5.74, 6) is 5.53. The van der Waals surface area contributed by atoms with Crippen LogP contribution >= 0.6 is 0 Å². The van der Waals surface area contributed by atoms with Crippen LogP contribution in [0.4, 0.5) is 4.39 Å². The first-order chi connectivity index (χ1) is 10.3. The zero-order valence-corrected chi connectivity index (χ0v) is 11.9. The van der Waals surface area contributed by atoms with E-state index < -0.39 is 0 Å². The molecule has 0 radical (unpaired) electrons. The van der Waals surface area contributed by atoms with Gasteiger partial charge in [-0.05, 0) is 30.0 Å². The molecular formula is C17H20FN3. The average molecular weight is 285 g/mol. The van der Waals surface area contributed by atoms with Crippen LogP contribution in [-0.2, 0) is 5.41 Å². The third kappa shape index (κ3) is 2.57. The van der Waals surface area contributed by atoms with Crippen molar-refractivity contribution in [3.05, 3.63) is 65.7 Å². The number of halogens is 1. The number of rotatable bonds is 4. The molecule has 3 nitrogen and oxygen atoms in total. The lowest BCUT2D eigenvalue weighted by atomic mass is 9.71. The Hall–Kier alpha value is -1.78. The molecule has 1 saturated carbocycles. The second-order valence-corrected chi connectivity index (χ2v) is 5.77. The van der Waals surface area contributed by atoms with Crippen molar-refractivity contribution in [2.24, 2.45) is 5.84 Å². The number of benzene rings is 1. The maximum Gasteiger partial charge on any atom is 0.141 e. The summed E-state index contributed by atoms with van der Waals surface area (Å²) in [6.45, 7) is 0. The highest BCUT2D eigenvalue weighted by Gasteiger charge is 2.43. The third-order valence-electron chi connectivity index (χ3n) is 4.62. The number of nitrogens with zero attached hydrogens (tertiary/aromatic N) is 1. The molecule has 0 aliphatic heterocycles. The van der Waals surface area contributed by atoms with Gasteiger partial charge < -0.3 is 0 Å². The van der Waals surface area contributed by atoms with Gasteiger partial charge in [-0.3, -0.25) is 16.3 Å². The van der Waals surface area contributed by atoms with Crippen LogP contribution in [0.5, 0.6) is 0 Å². The number of pyridine rings is 1. The predicted octanol–water partition coefficient (Wildman–Crippen LogP) is 3.24. The Morgan fingerprint density at radius 1 is 1.14 bits per heavy atom. The molecule has 1 aromatic heterocycles. The standard InChI is InChI=1S/C17H20FN3/c18-15-10-13(11-20-12-15)16(21-19)17(8-4-5-9-17)14-6-2-1-3-7-14/h1-3,6-7,10-12,16,21H,4-5,8-9,19H2. The molecule has 2 aromatic rings. The van der Waals surface area contributed by atoms with E-state index in [1.807, 2.05) is 18.2 Å². The van der Waals surface area contributed by atoms with Crippen LogP contribution in [-0.4, -0.2) is 4.98 Å². The van der Waals surface area contributed by atoms with Crippen LogP contribution in [0.15, 0.2) is 48.8 Å². The van der Waals surface area contributed by atoms with Gasteiger partial charge in [0.15, 0.2) is 0 Å². The quantitative estimate of drug-likeness (QED) is 0.670. The van der Waals surface area contributed by atoms with Gasteiger partial charge in [-0.1, -0.05) is 43.2 Å². The van der Waals surface area contributed by atoms with Gasteiger partial charge in [0.1, 0.15) is 5.82 Å². The molecule has 1 aromatic carbocycles. The molecule has 0 spiro atoms. The van der Waals surface area contributed by atoms with Crippen molar-refractivity contribution in [2.45, 2.75) is 37.1 Å². The van der Waals surface area contributed by atoms with Crippen LogP contribution in [0.25, 0.3) is 0 Å². The molecule has 0 amide bonds. The van der Waals surface area contributed by atoms with E-state index >= 15 is 0 Å². The third-order valence-corrected chi connectivity index (χ3v) is 4.62. The lowest BCUT2D eigenvalue weighted by Crippen LogP contribution is -2.43. The Balaban J connectivity index is 2.07. The Morgan fingerprint density at radius 3 is 2.48 bits per heavy atom. The van der Waals surface area contributed by atoms with Crippen LogP contribution in [0.1, 0.15) is 42.9 Å². The van der Waals surface area contributed by atoms with Crippen molar-refractivity contribution in [2.75, 3.05) is 0 Å². The molecule has 3 rings (SSSR count). The molecular weight excluding hydrogens is 265 g/mol. The number of nitrogens with one attached hydrogen (secondary N) is 1. The van der Waals surface area contributed by atoms with E-state index in [0.717, 1.165) is 31.2 Å². The first-order valence-corrected chi connectivity index (χ1v) is 7.38. The van der Waals surface area contributed by atoms with E-state index in [9.17, 15) is 4.39 Å². The Labute approximate surface area is 124 Å². The van der Waals surface area contributed by atoms with Gasteiger partial charge in [-0.25, -0.2) is 4.39 Å². The number of nitrogens with two attached hydrogens (primary N) is 1. The molecule has 21 heavy (non-hydrogen) atoms. The minimum Gasteiger partial charge on any atom is -0.271 e. The summed E-state index contributed by atoms with van der Waals surface area (Å²) in [6, 6.07) is 11.8.